The molecule has 0 atom stereocenters. The van der Waals surface area contributed by atoms with Crippen molar-refractivity contribution in [2.24, 2.45) is 0 Å². The van der Waals surface area contributed by atoms with Gasteiger partial charge in [-0.05, 0) is 44.4 Å². The van der Waals surface area contributed by atoms with Gasteiger partial charge in [0.15, 0.2) is 0 Å². The molecule has 15 heavy (non-hydrogen) atoms. The van der Waals surface area contributed by atoms with Gasteiger partial charge < -0.3 is 4.79 Å². The van der Waals surface area contributed by atoms with Crippen molar-refractivity contribution in [2.45, 2.75) is 33.1 Å². The number of rotatable bonds is 6. The predicted octanol–water partition coefficient (Wildman–Crippen LogP) is 4.57. The Labute approximate surface area is 101 Å². The minimum Gasteiger partial charge on any atom is -0.300 e. The molecule has 3 heteroatoms. The van der Waals surface area contributed by atoms with E-state index in [9.17, 15) is 4.79 Å². The van der Waals surface area contributed by atoms with Crippen LogP contribution < -0.4 is 0 Å². The normalized spacial score (nSPS) is 13.6. The smallest absolute Gasteiger partial charge is 0.129 e. The Bertz CT molecular complexity index is 284. The van der Waals surface area contributed by atoms with Crippen molar-refractivity contribution < 1.29 is 4.79 Å². The molecule has 84 valence electrons. The highest BCUT2D eigenvalue weighted by Gasteiger charge is 1.96. The molecule has 0 bridgehead atoms. The molecule has 0 aliphatic heterocycles. The van der Waals surface area contributed by atoms with Crippen LogP contribution in [0.25, 0.3) is 0 Å². The quantitative estimate of drug-likeness (QED) is 0.628. The summed E-state index contributed by atoms with van der Waals surface area (Å²) in [6.07, 6.45) is 7.85. The summed E-state index contributed by atoms with van der Waals surface area (Å²) in [5, 5.41) is 0.724. The van der Waals surface area contributed by atoms with Crippen molar-refractivity contribution >= 4 is 29.0 Å². The minimum atomic E-state index is 0.216. The number of hydrogen-bond acceptors (Lipinski definition) is 1. The number of carbonyl (C=O) groups excluding carboxylic acids is 1. The lowest BCUT2D eigenvalue weighted by molar-refractivity contribution is -0.117. The van der Waals surface area contributed by atoms with Gasteiger partial charge in [0.25, 0.3) is 0 Å². The number of carbonyl (C=O) groups is 1. The third-order valence-corrected chi connectivity index (χ3v) is 2.05. The molecule has 0 saturated carbocycles. The van der Waals surface area contributed by atoms with Crippen molar-refractivity contribution in [1.29, 1.82) is 0 Å². The molecule has 0 spiro atoms. The van der Waals surface area contributed by atoms with Gasteiger partial charge in [0.1, 0.15) is 5.78 Å². The monoisotopic (exact) mass is 246 g/mol. The standard InChI is InChI=1S/C12H16Cl2O/c1-10(14)6-7-12(8-9-13)5-3-4-11(2)15/h6-9H,3-5H2,1-2H3/b9-8+,10-6+,12-7-. The Balaban J connectivity index is 4.22. The first-order valence-corrected chi connectivity index (χ1v) is 5.67. The highest BCUT2D eigenvalue weighted by molar-refractivity contribution is 6.29. The molecule has 0 saturated heterocycles. The van der Waals surface area contributed by atoms with E-state index in [0.717, 1.165) is 23.4 Å². The Kier molecular flexibility index (Phi) is 8.44. The summed E-state index contributed by atoms with van der Waals surface area (Å²) in [4.78, 5) is 10.8. The first-order valence-electron chi connectivity index (χ1n) is 4.85. The lowest BCUT2D eigenvalue weighted by atomic mass is 10.1. The van der Waals surface area contributed by atoms with Crippen LogP contribution in [0.4, 0.5) is 0 Å². The van der Waals surface area contributed by atoms with Crippen LogP contribution in [0.1, 0.15) is 33.1 Å². The summed E-state index contributed by atoms with van der Waals surface area (Å²) in [5.74, 6) is 0.216. The van der Waals surface area contributed by atoms with E-state index in [0.29, 0.717) is 6.42 Å². The summed E-state index contributed by atoms with van der Waals surface area (Å²) in [6.45, 7) is 3.42. The molecule has 0 aliphatic rings. The molecule has 0 aromatic heterocycles. The van der Waals surface area contributed by atoms with E-state index in [1.165, 1.54) is 5.54 Å². The lowest BCUT2D eigenvalue weighted by Crippen LogP contribution is -1.89. The lowest BCUT2D eigenvalue weighted by Gasteiger charge is -1.99. The number of allylic oxidation sites excluding steroid dienone is 5. The van der Waals surface area contributed by atoms with Gasteiger partial charge in [0.05, 0.1) is 0 Å². The van der Waals surface area contributed by atoms with Crippen LogP contribution in [0.5, 0.6) is 0 Å². The van der Waals surface area contributed by atoms with Crippen LogP contribution in [0, 0.1) is 0 Å². The maximum Gasteiger partial charge on any atom is 0.129 e. The van der Waals surface area contributed by atoms with Crippen molar-refractivity contribution in [3.05, 3.63) is 34.4 Å². The Hall–Kier alpha value is -0.530. The second-order valence-corrected chi connectivity index (χ2v) is 4.19. The van der Waals surface area contributed by atoms with Crippen LogP contribution >= 0.6 is 23.2 Å². The van der Waals surface area contributed by atoms with Crippen LogP contribution in [-0.2, 0) is 4.79 Å². The highest BCUT2D eigenvalue weighted by Crippen LogP contribution is 2.11. The zero-order valence-corrected chi connectivity index (χ0v) is 10.6. The Morgan fingerprint density at radius 2 is 1.87 bits per heavy atom. The molecule has 0 aromatic rings. The third kappa shape index (κ3) is 9.77. The van der Waals surface area contributed by atoms with E-state index in [2.05, 4.69) is 0 Å². The van der Waals surface area contributed by atoms with Crippen LogP contribution in [0.3, 0.4) is 0 Å². The second kappa shape index (κ2) is 8.75. The van der Waals surface area contributed by atoms with Crippen molar-refractivity contribution in [2.75, 3.05) is 0 Å². The van der Waals surface area contributed by atoms with Crippen molar-refractivity contribution in [1.82, 2.24) is 0 Å². The molecule has 0 amide bonds. The van der Waals surface area contributed by atoms with Crippen LogP contribution in [-0.4, -0.2) is 5.78 Å². The van der Waals surface area contributed by atoms with Crippen molar-refractivity contribution in [3.63, 3.8) is 0 Å². The second-order valence-electron chi connectivity index (χ2n) is 3.34. The molecule has 0 N–H and O–H groups in total. The van der Waals surface area contributed by atoms with Crippen LogP contribution in [0.2, 0.25) is 0 Å². The summed E-state index contributed by atoms with van der Waals surface area (Å²) >= 11 is 11.2. The predicted molar refractivity (Wildman–Crippen MR) is 67.2 cm³/mol. The molecule has 1 nitrogen and oxygen atoms in total. The summed E-state index contributed by atoms with van der Waals surface area (Å²) < 4.78 is 0. The first kappa shape index (κ1) is 14.5. The average Bonchev–Trinajstić information content (AvgIpc) is 2.13. The van der Waals surface area contributed by atoms with E-state index in [-0.39, 0.29) is 5.78 Å². The van der Waals surface area contributed by atoms with E-state index in [1.54, 1.807) is 6.92 Å². The largest absolute Gasteiger partial charge is 0.300 e. The van der Waals surface area contributed by atoms with Gasteiger partial charge in [-0.1, -0.05) is 29.3 Å². The fourth-order valence-electron chi connectivity index (χ4n) is 1.07. The number of hydrogen-bond donors (Lipinski definition) is 0. The minimum absolute atomic E-state index is 0.216. The molecule has 0 aromatic carbocycles. The fourth-order valence-corrected chi connectivity index (χ4v) is 1.29. The van der Waals surface area contributed by atoms with Crippen LogP contribution in [0.15, 0.2) is 34.4 Å². The molecular weight excluding hydrogens is 231 g/mol. The Morgan fingerprint density at radius 1 is 1.20 bits per heavy atom. The molecule has 0 aliphatic carbocycles. The zero-order chi connectivity index (χ0) is 11.7. The Morgan fingerprint density at radius 3 is 2.33 bits per heavy atom. The van der Waals surface area contributed by atoms with Crippen molar-refractivity contribution in [3.8, 4) is 0 Å². The molecule has 0 radical (unpaired) electrons. The van der Waals surface area contributed by atoms with Gasteiger partial charge in [0, 0.05) is 17.0 Å². The number of halogens is 2. The van der Waals surface area contributed by atoms with Gasteiger partial charge in [-0.25, -0.2) is 0 Å². The molecule has 0 unspecified atom stereocenters. The maximum atomic E-state index is 10.8. The zero-order valence-electron chi connectivity index (χ0n) is 9.09. The van der Waals surface area contributed by atoms with Gasteiger partial charge in [0.2, 0.25) is 0 Å². The summed E-state index contributed by atoms with van der Waals surface area (Å²) in [5.41, 5.74) is 2.54. The molecule has 0 heterocycles. The fraction of sp³-hybridized carbons (Fsp3) is 0.417. The maximum absolute atomic E-state index is 10.8. The number of ketones is 1. The first-order chi connectivity index (χ1) is 7.06. The topological polar surface area (TPSA) is 17.1 Å². The van der Waals surface area contributed by atoms with Gasteiger partial charge in [-0.15, -0.1) is 0 Å². The molecule has 0 rings (SSSR count). The molecular formula is C12H16Cl2O. The summed E-state index contributed by atoms with van der Waals surface area (Å²) in [6, 6.07) is 0. The van der Waals surface area contributed by atoms with Gasteiger partial charge in [-0.3, -0.25) is 0 Å². The summed E-state index contributed by atoms with van der Waals surface area (Å²) in [7, 11) is 0. The SMILES string of the molecule is CC(=O)CCCC(=C/C=C(\C)Cl)/C=C/Cl. The van der Waals surface area contributed by atoms with E-state index < -0.39 is 0 Å². The van der Waals surface area contributed by atoms with Gasteiger partial charge in [-0.2, -0.15) is 0 Å². The average molecular weight is 247 g/mol. The number of Topliss-reactive ketones (excluding diaryl/α,β-unsaturated/α-hetero) is 1. The van der Waals surface area contributed by atoms with E-state index in [4.69, 9.17) is 23.2 Å². The highest BCUT2D eigenvalue weighted by atomic mass is 35.5. The third-order valence-electron chi connectivity index (χ3n) is 1.80. The molecule has 0 fully saturated rings. The van der Waals surface area contributed by atoms with Gasteiger partial charge >= 0.3 is 0 Å². The van der Waals surface area contributed by atoms with E-state index in [1.807, 2.05) is 25.2 Å². The van der Waals surface area contributed by atoms with E-state index >= 15 is 0 Å².